The molecule has 0 fully saturated rings. The van der Waals surface area contributed by atoms with Gasteiger partial charge in [0.15, 0.2) is 0 Å². The molecule has 0 N–H and O–H groups in total. The van der Waals surface area contributed by atoms with E-state index in [0.717, 1.165) is 5.52 Å². The van der Waals surface area contributed by atoms with Gasteiger partial charge >= 0.3 is 5.97 Å². The van der Waals surface area contributed by atoms with Crippen molar-refractivity contribution in [2.75, 3.05) is 13.2 Å². The van der Waals surface area contributed by atoms with E-state index in [4.69, 9.17) is 9.47 Å². The summed E-state index contributed by atoms with van der Waals surface area (Å²) in [5.74, 6) is -0.264. The maximum atomic E-state index is 12.8. The van der Waals surface area contributed by atoms with E-state index in [-0.39, 0.29) is 19.0 Å². The highest BCUT2D eigenvalue weighted by molar-refractivity contribution is 5.93. The van der Waals surface area contributed by atoms with Gasteiger partial charge in [-0.2, -0.15) is 0 Å². The number of benzene rings is 2. The van der Waals surface area contributed by atoms with Crippen LogP contribution in [0.5, 0.6) is 5.75 Å². The van der Waals surface area contributed by atoms with Gasteiger partial charge in [-0.3, -0.25) is 0 Å². The Hall–Kier alpha value is -2.96. The number of aromatic nitrogens is 3. The van der Waals surface area contributed by atoms with Crippen molar-refractivity contribution >= 4 is 17.0 Å². The van der Waals surface area contributed by atoms with Gasteiger partial charge in [0.1, 0.15) is 30.3 Å². The second-order valence-corrected chi connectivity index (χ2v) is 5.05. The molecule has 0 atom stereocenters. The smallest absolute Gasteiger partial charge is 0.338 e. The molecule has 0 aliphatic carbocycles. The molecule has 0 saturated carbocycles. The first-order valence-electron chi connectivity index (χ1n) is 7.56. The monoisotopic (exact) mass is 329 g/mol. The molecule has 1 aromatic heterocycles. The number of halogens is 1. The molecule has 0 aliphatic heterocycles. The Bertz CT molecular complexity index is 846. The average molecular weight is 329 g/mol. The van der Waals surface area contributed by atoms with Crippen LogP contribution in [0.4, 0.5) is 4.39 Å². The molecule has 3 rings (SSSR count). The first-order valence-corrected chi connectivity index (χ1v) is 7.56. The van der Waals surface area contributed by atoms with Crippen molar-refractivity contribution in [1.29, 1.82) is 0 Å². The van der Waals surface area contributed by atoms with Crippen LogP contribution in [0.15, 0.2) is 42.5 Å². The second-order valence-electron chi connectivity index (χ2n) is 5.05. The molecule has 3 aromatic rings. The van der Waals surface area contributed by atoms with E-state index in [1.54, 1.807) is 22.9 Å². The van der Waals surface area contributed by atoms with Crippen molar-refractivity contribution in [3.05, 3.63) is 53.8 Å². The van der Waals surface area contributed by atoms with Crippen LogP contribution in [0.3, 0.4) is 0 Å². The van der Waals surface area contributed by atoms with Crippen LogP contribution < -0.4 is 4.74 Å². The summed E-state index contributed by atoms with van der Waals surface area (Å²) in [6.07, 6.45) is 0. The van der Waals surface area contributed by atoms with Crippen molar-refractivity contribution in [2.45, 2.75) is 13.5 Å². The number of carbonyl (C=O) groups excluding carboxylic acids is 1. The minimum Gasteiger partial charge on any atom is -0.490 e. The van der Waals surface area contributed by atoms with Crippen LogP contribution in [0.2, 0.25) is 0 Å². The van der Waals surface area contributed by atoms with Crippen LogP contribution >= 0.6 is 0 Å². The quantitative estimate of drug-likeness (QED) is 0.514. The molecule has 0 radical (unpaired) electrons. The van der Waals surface area contributed by atoms with Gasteiger partial charge in [-0.05, 0) is 49.4 Å². The van der Waals surface area contributed by atoms with Gasteiger partial charge in [-0.15, -0.1) is 5.10 Å². The largest absolute Gasteiger partial charge is 0.490 e. The maximum Gasteiger partial charge on any atom is 0.338 e. The molecular formula is C17H16FN3O3. The topological polar surface area (TPSA) is 66.2 Å². The van der Waals surface area contributed by atoms with E-state index < -0.39 is 5.97 Å². The van der Waals surface area contributed by atoms with Gasteiger partial charge in [-0.1, -0.05) is 5.21 Å². The molecule has 0 unspecified atom stereocenters. The lowest BCUT2D eigenvalue weighted by molar-refractivity contribution is 0.0450. The fourth-order valence-electron chi connectivity index (χ4n) is 2.24. The Balaban J connectivity index is 1.54. The summed E-state index contributed by atoms with van der Waals surface area (Å²) < 4.78 is 25.0. The van der Waals surface area contributed by atoms with Crippen molar-refractivity contribution in [2.24, 2.45) is 0 Å². The van der Waals surface area contributed by atoms with Crippen LogP contribution in [0, 0.1) is 5.82 Å². The fraction of sp³-hybridized carbons (Fsp3) is 0.235. The highest BCUT2D eigenvalue weighted by atomic mass is 19.1. The highest BCUT2D eigenvalue weighted by Crippen LogP contribution is 2.14. The van der Waals surface area contributed by atoms with Gasteiger partial charge < -0.3 is 9.47 Å². The Morgan fingerprint density at radius 2 is 1.96 bits per heavy atom. The zero-order valence-corrected chi connectivity index (χ0v) is 13.1. The number of ether oxygens (including phenoxy) is 2. The Morgan fingerprint density at radius 3 is 2.71 bits per heavy atom. The predicted molar refractivity (Wildman–Crippen MR) is 85.4 cm³/mol. The summed E-state index contributed by atoms with van der Waals surface area (Å²) in [4.78, 5) is 12.0. The van der Waals surface area contributed by atoms with Gasteiger partial charge in [0.25, 0.3) is 0 Å². The first-order chi connectivity index (χ1) is 11.7. The van der Waals surface area contributed by atoms with Crippen LogP contribution in [-0.2, 0) is 11.3 Å². The molecule has 0 bridgehead atoms. The number of carbonyl (C=O) groups is 1. The minimum atomic E-state index is -0.453. The van der Waals surface area contributed by atoms with E-state index in [1.165, 1.54) is 24.3 Å². The van der Waals surface area contributed by atoms with Gasteiger partial charge in [-0.25, -0.2) is 13.9 Å². The van der Waals surface area contributed by atoms with Crippen molar-refractivity contribution in [3.63, 3.8) is 0 Å². The molecule has 0 saturated heterocycles. The standard InChI is InChI=1S/C17H16FN3O3/c1-2-21-16-8-3-12(11-15(16)19-20-21)17(22)24-10-9-23-14-6-4-13(18)5-7-14/h3-8,11H,2,9-10H2,1H3. The molecule has 0 amide bonds. The number of hydrogen-bond donors (Lipinski definition) is 0. The van der Waals surface area contributed by atoms with E-state index in [2.05, 4.69) is 10.3 Å². The predicted octanol–water partition coefficient (Wildman–Crippen LogP) is 2.83. The van der Waals surface area contributed by atoms with E-state index in [9.17, 15) is 9.18 Å². The Kier molecular flexibility index (Phi) is 4.69. The van der Waals surface area contributed by atoms with Crippen LogP contribution in [-0.4, -0.2) is 34.2 Å². The third-order valence-electron chi connectivity index (χ3n) is 3.45. The fourth-order valence-corrected chi connectivity index (χ4v) is 2.24. The van der Waals surface area contributed by atoms with Crippen LogP contribution in [0.1, 0.15) is 17.3 Å². The molecule has 2 aromatic carbocycles. The van der Waals surface area contributed by atoms with E-state index in [1.807, 2.05) is 6.92 Å². The number of rotatable bonds is 6. The lowest BCUT2D eigenvalue weighted by Gasteiger charge is -2.07. The summed E-state index contributed by atoms with van der Waals surface area (Å²) >= 11 is 0. The Labute approximate surface area is 137 Å². The van der Waals surface area contributed by atoms with E-state index >= 15 is 0 Å². The number of aryl methyl sites for hydroxylation is 1. The molecule has 24 heavy (non-hydrogen) atoms. The summed E-state index contributed by atoms with van der Waals surface area (Å²) in [6, 6.07) is 10.8. The normalized spacial score (nSPS) is 10.8. The third kappa shape index (κ3) is 3.51. The zero-order valence-electron chi connectivity index (χ0n) is 13.1. The maximum absolute atomic E-state index is 12.8. The van der Waals surface area contributed by atoms with Crippen LogP contribution in [0.25, 0.3) is 11.0 Å². The molecule has 7 heteroatoms. The SMILES string of the molecule is CCn1nnc2cc(C(=O)OCCOc3ccc(F)cc3)ccc21. The number of fused-ring (bicyclic) bond motifs is 1. The lowest BCUT2D eigenvalue weighted by Crippen LogP contribution is -2.12. The van der Waals surface area contributed by atoms with E-state index in [0.29, 0.717) is 23.4 Å². The van der Waals surface area contributed by atoms with Gasteiger partial charge in [0.2, 0.25) is 0 Å². The van der Waals surface area contributed by atoms with Crippen molar-refractivity contribution in [1.82, 2.24) is 15.0 Å². The highest BCUT2D eigenvalue weighted by Gasteiger charge is 2.11. The third-order valence-corrected chi connectivity index (χ3v) is 3.45. The zero-order chi connectivity index (χ0) is 16.9. The van der Waals surface area contributed by atoms with Gasteiger partial charge in [0, 0.05) is 6.54 Å². The van der Waals surface area contributed by atoms with Crippen molar-refractivity contribution in [3.8, 4) is 5.75 Å². The molecular weight excluding hydrogens is 313 g/mol. The molecule has 124 valence electrons. The molecule has 0 aliphatic rings. The lowest BCUT2D eigenvalue weighted by atomic mass is 10.2. The summed E-state index contributed by atoms with van der Waals surface area (Å²) in [5.41, 5.74) is 1.93. The number of nitrogens with zero attached hydrogens (tertiary/aromatic N) is 3. The summed E-state index contributed by atoms with van der Waals surface area (Å²) in [7, 11) is 0. The molecule has 0 spiro atoms. The summed E-state index contributed by atoms with van der Waals surface area (Å²) in [5, 5.41) is 8.02. The summed E-state index contributed by atoms with van der Waals surface area (Å²) in [6.45, 7) is 2.96. The average Bonchev–Trinajstić information content (AvgIpc) is 3.02. The number of hydrogen-bond acceptors (Lipinski definition) is 5. The molecule has 1 heterocycles. The molecule has 6 nitrogen and oxygen atoms in total. The van der Waals surface area contributed by atoms with Crippen molar-refractivity contribution < 1.29 is 18.7 Å². The second kappa shape index (κ2) is 7.08. The van der Waals surface area contributed by atoms with Gasteiger partial charge in [0.05, 0.1) is 11.1 Å². The number of esters is 1. The first kappa shape index (κ1) is 15.9. The Morgan fingerprint density at radius 1 is 1.17 bits per heavy atom. The minimum absolute atomic E-state index is 0.0932.